The molecule has 31 heavy (non-hydrogen) atoms. The summed E-state index contributed by atoms with van der Waals surface area (Å²) in [5.41, 5.74) is 1.88. The van der Waals surface area contributed by atoms with Crippen molar-refractivity contribution in [3.8, 4) is 11.5 Å². The standard InChI is InChI=1S/C22H23N3O5S/c1-3-28-19-10-16(7-8-18(19)30-13-15-6-5-9-23-12-15)21(27)25-22-24-17(14-31-22)11-20(26)29-4-2/h5-10,12,14H,3-4,11,13H2,1-2H3,(H,24,25,27). The lowest BCUT2D eigenvalue weighted by Crippen LogP contribution is -2.13. The lowest BCUT2D eigenvalue weighted by atomic mass is 10.2. The van der Waals surface area contributed by atoms with Crippen molar-refractivity contribution < 1.29 is 23.8 Å². The lowest BCUT2D eigenvalue weighted by Gasteiger charge is -2.13. The van der Waals surface area contributed by atoms with Crippen LogP contribution in [0.2, 0.25) is 0 Å². The van der Waals surface area contributed by atoms with Gasteiger partial charge in [-0.25, -0.2) is 4.98 Å². The Morgan fingerprint density at radius 2 is 1.97 bits per heavy atom. The molecule has 1 aromatic carbocycles. The van der Waals surface area contributed by atoms with E-state index in [0.717, 1.165) is 5.56 Å². The van der Waals surface area contributed by atoms with Crippen LogP contribution in [0.15, 0.2) is 48.1 Å². The van der Waals surface area contributed by atoms with Crippen molar-refractivity contribution in [2.24, 2.45) is 0 Å². The van der Waals surface area contributed by atoms with E-state index in [1.807, 2.05) is 19.1 Å². The normalized spacial score (nSPS) is 10.4. The third-order valence-electron chi connectivity index (χ3n) is 4.03. The van der Waals surface area contributed by atoms with Gasteiger partial charge in [0.25, 0.3) is 5.91 Å². The molecule has 3 aromatic rings. The Labute approximate surface area is 184 Å². The van der Waals surface area contributed by atoms with Gasteiger partial charge in [-0.1, -0.05) is 6.07 Å². The monoisotopic (exact) mass is 441 g/mol. The van der Waals surface area contributed by atoms with E-state index >= 15 is 0 Å². The number of rotatable bonds is 10. The number of hydrogen-bond donors (Lipinski definition) is 1. The molecular weight excluding hydrogens is 418 g/mol. The molecule has 0 saturated carbocycles. The van der Waals surface area contributed by atoms with Crippen LogP contribution in [0.3, 0.4) is 0 Å². The zero-order valence-corrected chi connectivity index (χ0v) is 18.1. The van der Waals surface area contributed by atoms with E-state index in [4.69, 9.17) is 14.2 Å². The molecule has 0 aliphatic carbocycles. The van der Waals surface area contributed by atoms with Crippen LogP contribution < -0.4 is 14.8 Å². The second-order valence-corrected chi connectivity index (χ2v) is 7.18. The number of pyridine rings is 1. The summed E-state index contributed by atoms with van der Waals surface area (Å²) in [6.07, 6.45) is 3.49. The fourth-order valence-corrected chi connectivity index (χ4v) is 3.36. The maximum absolute atomic E-state index is 12.7. The maximum atomic E-state index is 12.7. The summed E-state index contributed by atoms with van der Waals surface area (Å²) < 4.78 is 16.4. The van der Waals surface area contributed by atoms with Gasteiger partial charge in [-0.3, -0.25) is 19.9 Å². The van der Waals surface area contributed by atoms with Crippen LogP contribution in [-0.2, 0) is 22.6 Å². The smallest absolute Gasteiger partial charge is 0.311 e. The fourth-order valence-electron chi connectivity index (χ4n) is 2.66. The molecule has 1 N–H and O–H groups in total. The average molecular weight is 442 g/mol. The van der Waals surface area contributed by atoms with Crippen molar-refractivity contribution in [1.82, 2.24) is 9.97 Å². The largest absolute Gasteiger partial charge is 0.490 e. The minimum atomic E-state index is -0.353. The van der Waals surface area contributed by atoms with Crippen LogP contribution in [0.4, 0.5) is 5.13 Å². The first-order valence-electron chi connectivity index (χ1n) is 9.79. The number of esters is 1. The molecule has 8 nitrogen and oxygen atoms in total. The van der Waals surface area contributed by atoms with E-state index in [2.05, 4.69) is 15.3 Å². The summed E-state index contributed by atoms with van der Waals surface area (Å²) in [5.74, 6) is 0.320. The fraction of sp³-hybridized carbons (Fsp3) is 0.273. The number of thiazole rings is 1. The van der Waals surface area contributed by atoms with Gasteiger partial charge in [-0.2, -0.15) is 0 Å². The zero-order chi connectivity index (χ0) is 22.1. The van der Waals surface area contributed by atoms with E-state index in [0.29, 0.717) is 47.7 Å². The molecule has 2 aromatic heterocycles. The number of nitrogens with one attached hydrogen (secondary N) is 1. The van der Waals surface area contributed by atoms with E-state index in [9.17, 15) is 9.59 Å². The Bertz CT molecular complexity index is 1020. The van der Waals surface area contributed by atoms with Crippen molar-refractivity contribution in [3.05, 3.63) is 64.9 Å². The van der Waals surface area contributed by atoms with Crippen molar-refractivity contribution in [2.45, 2.75) is 26.9 Å². The minimum absolute atomic E-state index is 0.0671. The van der Waals surface area contributed by atoms with E-state index in [1.54, 1.807) is 42.9 Å². The molecule has 0 fully saturated rings. The Hall–Kier alpha value is -3.46. The summed E-state index contributed by atoms with van der Waals surface area (Å²) in [5, 5.41) is 4.86. The summed E-state index contributed by atoms with van der Waals surface area (Å²) in [7, 11) is 0. The average Bonchev–Trinajstić information content (AvgIpc) is 3.20. The molecule has 0 bridgehead atoms. The first-order valence-corrected chi connectivity index (χ1v) is 10.7. The number of carbonyl (C=O) groups excluding carboxylic acids is 2. The third-order valence-corrected chi connectivity index (χ3v) is 4.83. The number of anilines is 1. The minimum Gasteiger partial charge on any atom is -0.490 e. The predicted molar refractivity (Wildman–Crippen MR) is 117 cm³/mol. The molecule has 162 valence electrons. The van der Waals surface area contributed by atoms with E-state index < -0.39 is 0 Å². The molecule has 0 saturated heterocycles. The molecule has 0 spiro atoms. The van der Waals surface area contributed by atoms with Gasteiger partial charge in [0.15, 0.2) is 16.6 Å². The Morgan fingerprint density at radius 1 is 1.10 bits per heavy atom. The van der Waals surface area contributed by atoms with Crippen molar-refractivity contribution in [3.63, 3.8) is 0 Å². The van der Waals surface area contributed by atoms with Crippen molar-refractivity contribution in [2.75, 3.05) is 18.5 Å². The van der Waals surface area contributed by atoms with Gasteiger partial charge in [0.05, 0.1) is 25.3 Å². The summed E-state index contributed by atoms with van der Waals surface area (Å²) >= 11 is 1.24. The van der Waals surface area contributed by atoms with Crippen molar-refractivity contribution in [1.29, 1.82) is 0 Å². The zero-order valence-electron chi connectivity index (χ0n) is 17.3. The number of carbonyl (C=O) groups is 2. The van der Waals surface area contributed by atoms with Gasteiger partial charge >= 0.3 is 5.97 Å². The number of hydrogen-bond acceptors (Lipinski definition) is 8. The number of amides is 1. The second-order valence-electron chi connectivity index (χ2n) is 6.32. The molecular formula is C22H23N3O5S. The number of ether oxygens (including phenoxy) is 3. The van der Waals surface area contributed by atoms with Crippen LogP contribution in [0.5, 0.6) is 11.5 Å². The maximum Gasteiger partial charge on any atom is 0.311 e. The van der Waals surface area contributed by atoms with Crippen LogP contribution in [0.25, 0.3) is 0 Å². The molecule has 9 heteroatoms. The van der Waals surface area contributed by atoms with E-state index in [-0.39, 0.29) is 18.3 Å². The quantitative estimate of drug-likeness (QED) is 0.477. The summed E-state index contributed by atoms with van der Waals surface area (Å²) in [4.78, 5) is 32.5. The summed E-state index contributed by atoms with van der Waals surface area (Å²) in [6, 6.07) is 8.74. The SMILES string of the molecule is CCOC(=O)Cc1csc(NC(=O)c2ccc(OCc3cccnc3)c(OCC)c2)n1. The molecule has 3 rings (SSSR count). The number of benzene rings is 1. The third kappa shape index (κ3) is 6.51. The highest BCUT2D eigenvalue weighted by Gasteiger charge is 2.15. The molecule has 2 heterocycles. The van der Waals surface area contributed by atoms with Crippen LogP contribution in [0, 0.1) is 0 Å². The van der Waals surface area contributed by atoms with Crippen LogP contribution in [-0.4, -0.2) is 35.1 Å². The first-order chi connectivity index (χ1) is 15.1. The number of aromatic nitrogens is 2. The molecule has 0 atom stereocenters. The molecule has 1 amide bonds. The highest BCUT2D eigenvalue weighted by molar-refractivity contribution is 7.14. The highest BCUT2D eigenvalue weighted by atomic mass is 32.1. The van der Waals surface area contributed by atoms with Gasteiger partial charge in [-0.15, -0.1) is 11.3 Å². The Balaban J connectivity index is 1.66. The van der Waals surface area contributed by atoms with Gasteiger partial charge in [0.2, 0.25) is 0 Å². The Morgan fingerprint density at radius 3 is 2.71 bits per heavy atom. The predicted octanol–water partition coefficient (Wildman–Crippen LogP) is 3.87. The molecule has 0 aliphatic heterocycles. The summed E-state index contributed by atoms with van der Waals surface area (Å²) in [6.45, 7) is 4.69. The van der Waals surface area contributed by atoms with Crippen molar-refractivity contribution >= 4 is 28.3 Å². The van der Waals surface area contributed by atoms with Crippen LogP contribution >= 0.6 is 11.3 Å². The molecule has 0 radical (unpaired) electrons. The van der Waals surface area contributed by atoms with Gasteiger partial charge < -0.3 is 14.2 Å². The van der Waals surface area contributed by atoms with Gasteiger partial charge in [0, 0.05) is 28.9 Å². The second kappa shape index (κ2) is 11.1. The van der Waals surface area contributed by atoms with Gasteiger partial charge in [0.1, 0.15) is 6.61 Å². The molecule has 0 unspecified atom stereocenters. The highest BCUT2D eigenvalue weighted by Crippen LogP contribution is 2.30. The lowest BCUT2D eigenvalue weighted by molar-refractivity contribution is -0.142. The Kier molecular flexibility index (Phi) is 7.94. The van der Waals surface area contributed by atoms with Gasteiger partial charge in [-0.05, 0) is 38.1 Å². The van der Waals surface area contributed by atoms with Crippen LogP contribution in [0.1, 0.15) is 35.5 Å². The topological polar surface area (TPSA) is 99.6 Å². The molecule has 0 aliphatic rings. The van der Waals surface area contributed by atoms with E-state index in [1.165, 1.54) is 11.3 Å². The first kappa shape index (κ1) is 22.2. The number of nitrogens with zero attached hydrogens (tertiary/aromatic N) is 2.